The summed E-state index contributed by atoms with van der Waals surface area (Å²) in [6.07, 6.45) is 4.93. The number of benzene rings is 2. The van der Waals surface area contributed by atoms with E-state index >= 15 is 0 Å². The van der Waals surface area contributed by atoms with Crippen molar-refractivity contribution in [2.75, 3.05) is 0 Å². The van der Waals surface area contributed by atoms with Crippen LogP contribution in [0.4, 0.5) is 0 Å². The zero-order chi connectivity index (χ0) is 16.2. The van der Waals surface area contributed by atoms with Crippen LogP contribution in [0.25, 0.3) is 6.08 Å². The van der Waals surface area contributed by atoms with Gasteiger partial charge in [-0.15, -0.1) is 0 Å². The van der Waals surface area contributed by atoms with Gasteiger partial charge in [-0.05, 0) is 34.1 Å². The van der Waals surface area contributed by atoms with E-state index < -0.39 is 0 Å². The highest BCUT2D eigenvalue weighted by Crippen LogP contribution is 2.33. The fourth-order valence-electron chi connectivity index (χ4n) is 2.45. The summed E-state index contributed by atoms with van der Waals surface area (Å²) in [5.74, 6) is 6.47. The van der Waals surface area contributed by atoms with Gasteiger partial charge in [0, 0.05) is 65.3 Å². The maximum absolute atomic E-state index is 3.25. The molecule has 2 aromatic rings. The first kappa shape index (κ1) is 16.5. The number of hydrogen-bond donors (Lipinski definition) is 0. The molecular formula is C18H12Si6. The molecule has 0 N–H and O–H groups in total. The van der Waals surface area contributed by atoms with Crippen molar-refractivity contribution in [1.29, 1.82) is 0 Å². The number of hydrogen-bond acceptors (Lipinski definition) is 0. The Morgan fingerprint density at radius 3 is 1.96 bits per heavy atom. The van der Waals surface area contributed by atoms with Crippen LogP contribution in [0.1, 0.15) is 16.7 Å². The van der Waals surface area contributed by atoms with Crippen molar-refractivity contribution in [1.82, 2.24) is 0 Å². The normalized spacial score (nSPS) is 25.4. The Morgan fingerprint density at radius 2 is 1.33 bits per heavy atom. The summed E-state index contributed by atoms with van der Waals surface area (Å²) in [6, 6.07) is 18.9. The molecule has 2 aromatic carbocycles. The average molecular weight is 397 g/mol. The maximum atomic E-state index is 3.25. The molecule has 3 aliphatic heterocycles. The highest BCUT2D eigenvalue weighted by Gasteiger charge is 2.40. The summed E-state index contributed by atoms with van der Waals surface area (Å²) >= 11 is 0. The van der Waals surface area contributed by atoms with Gasteiger partial charge in [-0.2, -0.15) is 0 Å². The van der Waals surface area contributed by atoms with Gasteiger partial charge >= 0.3 is 0 Å². The van der Waals surface area contributed by atoms with E-state index in [1.807, 2.05) is 30.3 Å². The van der Waals surface area contributed by atoms with Gasteiger partial charge in [0.05, 0.1) is 0 Å². The standard InChI is InChI=1S/C18H12Si6/c1-2-4-14(5-3-1)6-7-15-8-10-16(11-9-15)12-13-18-22-19-17(20-23-18)21-24-18/h1-5,8-13,17H/b13-12+. The molecule has 3 heterocycles. The van der Waals surface area contributed by atoms with Crippen LogP contribution in [0.3, 0.4) is 0 Å². The van der Waals surface area contributed by atoms with Crippen molar-refractivity contribution in [3.63, 3.8) is 0 Å². The Kier molecular flexibility index (Phi) is 5.17. The molecule has 24 heavy (non-hydrogen) atoms. The van der Waals surface area contributed by atoms with Crippen LogP contribution in [-0.2, 0) is 0 Å². The second-order valence-corrected chi connectivity index (χ2v) is 19.4. The van der Waals surface area contributed by atoms with E-state index in [1.54, 1.807) is 0 Å². The van der Waals surface area contributed by atoms with E-state index in [2.05, 4.69) is 48.3 Å². The second kappa shape index (κ2) is 7.51. The quantitative estimate of drug-likeness (QED) is 0.537. The van der Waals surface area contributed by atoms with Crippen molar-refractivity contribution in [2.45, 2.75) is 9.07 Å². The minimum atomic E-state index is 0.621. The predicted octanol–water partition coefficient (Wildman–Crippen LogP) is 1.87. The molecule has 108 valence electrons. The van der Waals surface area contributed by atoms with Gasteiger partial charge in [-0.1, -0.05) is 59.1 Å². The molecule has 12 radical (unpaired) electrons. The van der Waals surface area contributed by atoms with Crippen LogP contribution in [0.5, 0.6) is 0 Å². The largest absolute Gasteiger partial charge is 0.0878 e. The Morgan fingerprint density at radius 1 is 0.750 bits per heavy atom. The smallest absolute Gasteiger partial charge is 0.0261 e. The molecule has 0 amide bonds. The summed E-state index contributed by atoms with van der Waals surface area (Å²) in [5, 5.41) is 0. The number of allylic oxidation sites excluding steroid dienone is 1. The van der Waals surface area contributed by atoms with E-state index in [0.29, 0.717) is 4.28 Å². The fraction of sp³-hybridized carbons (Fsp3) is 0.111. The molecule has 0 spiro atoms. The van der Waals surface area contributed by atoms with Crippen LogP contribution < -0.4 is 0 Å². The van der Waals surface area contributed by atoms with Gasteiger partial charge in [0.1, 0.15) is 0 Å². The molecule has 0 aromatic heterocycles. The monoisotopic (exact) mass is 396 g/mol. The van der Waals surface area contributed by atoms with E-state index in [9.17, 15) is 0 Å². The van der Waals surface area contributed by atoms with E-state index in [4.69, 9.17) is 0 Å². The highest BCUT2D eigenvalue weighted by atomic mass is 29.3. The summed E-state index contributed by atoms with van der Waals surface area (Å²) in [6.45, 7) is 0. The Hall–Kier alpha value is -0.959. The van der Waals surface area contributed by atoms with Gasteiger partial charge in [0.2, 0.25) is 0 Å². The van der Waals surface area contributed by atoms with Gasteiger partial charge in [0.25, 0.3) is 0 Å². The fourth-order valence-corrected chi connectivity index (χ4v) is 32.1. The Labute approximate surface area is 158 Å². The van der Waals surface area contributed by atoms with Crippen molar-refractivity contribution in [3.05, 3.63) is 77.4 Å². The third-order valence-corrected chi connectivity index (χ3v) is 28.8. The molecule has 3 fully saturated rings. The summed E-state index contributed by atoms with van der Waals surface area (Å²) in [7, 11) is 7.40. The molecule has 3 saturated heterocycles. The van der Waals surface area contributed by atoms with Crippen molar-refractivity contribution >= 4 is 60.3 Å². The minimum absolute atomic E-state index is 0.621. The topological polar surface area (TPSA) is 0 Å². The molecule has 6 heteroatoms. The number of fused-ring (bicyclic) bond motifs is 3. The summed E-state index contributed by atoms with van der Waals surface area (Å²) in [4.78, 5) is 1.15. The predicted molar refractivity (Wildman–Crippen MR) is 109 cm³/mol. The lowest BCUT2D eigenvalue weighted by Crippen LogP contribution is -2.56. The maximum Gasteiger partial charge on any atom is 0.0261 e. The first-order valence-electron chi connectivity index (χ1n) is 7.76. The third-order valence-electron chi connectivity index (χ3n) is 3.80. The molecule has 0 saturated carbocycles. The first-order valence-corrected chi connectivity index (χ1v) is 17.0. The highest BCUT2D eigenvalue weighted by molar-refractivity contribution is 7.41. The lowest BCUT2D eigenvalue weighted by molar-refractivity contribution is 1.39. The van der Waals surface area contributed by atoms with Crippen LogP contribution >= 0.6 is 0 Å². The lowest BCUT2D eigenvalue weighted by atomic mass is 10.1. The number of rotatable bonds is 2. The molecule has 0 nitrogen and oxygen atoms in total. The van der Waals surface area contributed by atoms with E-state index in [0.717, 1.165) is 15.9 Å². The molecular weight excluding hydrogens is 385 g/mol. The van der Waals surface area contributed by atoms with E-state index in [-0.39, 0.29) is 0 Å². The Bertz CT molecular complexity index is 766. The molecule has 0 atom stereocenters. The van der Waals surface area contributed by atoms with Gasteiger partial charge in [-0.25, -0.2) is 0 Å². The lowest BCUT2D eigenvalue weighted by Gasteiger charge is -2.42. The second-order valence-electron chi connectivity index (χ2n) is 5.62. The molecule has 0 aliphatic carbocycles. The van der Waals surface area contributed by atoms with E-state index in [1.165, 1.54) is 59.8 Å². The van der Waals surface area contributed by atoms with Gasteiger partial charge in [0.15, 0.2) is 0 Å². The third kappa shape index (κ3) is 3.99. The van der Waals surface area contributed by atoms with Crippen molar-refractivity contribution in [3.8, 4) is 11.8 Å². The summed E-state index contributed by atoms with van der Waals surface area (Å²) < 4.78 is 0.621. The zero-order valence-corrected chi connectivity index (χ0v) is 18.9. The van der Waals surface area contributed by atoms with Gasteiger partial charge < -0.3 is 0 Å². The molecule has 2 bridgehead atoms. The van der Waals surface area contributed by atoms with Crippen LogP contribution in [0.15, 0.2) is 60.7 Å². The summed E-state index contributed by atoms with van der Waals surface area (Å²) in [5.41, 5.74) is 3.47. The first-order chi connectivity index (χ1) is 11.8. The Balaban J connectivity index is 1.44. The SMILES string of the molecule is C(#Cc1ccc(/C=C/C23[Si][Si]C([Si][Si]2)[Si][Si]3)cc1)c1ccccc1. The minimum Gasteiger partial charge on any atom is -0.0878 e. The van der Waals surface area contributed by atoms with Crippen molar-refractivity contribution in [2.24, 2.45) is 0 Å². The zero-order valence-electron chi connectivity index (χ0n) is 12.9. The molecule has 3 aliphatic rings. The molecule has 0 unspecified atom stereocenters. The van der Waals surface area contributed by atoms with Crippen LogP contribution in [0, 0.1) is 11.8 Å². The van der Waals surface area contributed by atoms with Crippen molar-refractivity contribution < 1.29 is 0 Å². The van der Waals surface area contributed by atoms with Crippen LogP contribution in [-0.4, -0.2) is 54.2 Å². The van der Waals surface area contributed by atoms with Gasteiger partial charge in [-0.3, -0.25) is 0 Å². The van der Waals surface area contributed by atoms with Crippen LogP contribution in [0.2, 0.25) is 9.07 Å². The average Bonchev–Trinajstić information content (AvgIpc) is 2.68. The molecule has 5 rings (SSSR count).